The van der Waals surface area contributed by atoms with Gasteiger partial charge in [-0.3, -0.25) is 0 Å². The van der Waals surface area contributed by atoms with Gasteiger partial charge >= 0.3 is 0 Å². The summed E-state index contributed by atoms with van der Waals surface area (Å²) in [5, 5.41) is 15.3. The highest BCUT2D eigenvalue weighted by Crippen LogP contribution is 2.37. The van der Waals surface area contributed by atoms with Crippen molar-refractivity contribution < 1.29 is 9.84 Å². The number of phenolic OH excluding ortho intramolecular Hbond substituents is 1. The Morgan fingerprint density at radius 3 is 2.91 bits per heavy atom. The van der Waals surface area contributed by atoms with E-state index in [1.165, 1.54) is 10.9 Å². The fraction of sp³-hybridized carbons (Fsp3) is 0.222. The van der Waals surface area contributed by atoms with Crippen molar-refractivity contribution >= 4 is 22.5 Å². The van der Waals surface area contributed by atoms with E-state index in [-0.39, 0.29) is 11.8 Å². The Hall–Kier alpha value is -2.17. The zero-order valence-electron chi connectivity index (χ0n) is 12.7. The first kappa shape index (κ1) is 14.4. The number of benzene rings is 2. The molecular formula is C18H17ClN2O2. The van der Waals surface area contributed by atoms with Crippen molar-refractivity contribution in [3.63, 3.8) is 0 Å². The SMILES string of the molecule is COc1cc(C2NCCc3c2[nH]c2ccc(Cl)cc32)ccc1O. The molecule has 118 valence electrons. The maximum atomic E-state index is 9.81. The van der Waals surface area contributed by atoms with E-state index >= 15 is 0 Å². The molecule has 0 saturated heterocycles. The maximum Gasteiger partial charge on any atom is 0.160 e. The Labute approximate surface area is 139 Å². The fourth-order valence-corrected chi connectivity index (χ4v) is 3.53. The summed E-state index contributed by atoms with van der Waals surface area (Å²) in [6.45, 7) is 0.889. The molecule has 1 aromatic heterocycles. The summed E-state index contributed by atoms with van der Waals surface area (Å²) in [6, 6.07) is 11.4. The number of aromatic amines is 1. The van der Waals surface area contributed by atoms with Crippen molar-refractivity contribution in [1.82, 2.24) is 10.3 Å². The molecule has 4 nitrogen and oxygen atoms in total. The fourth-order valence-electron chi connectivity index (χ4n) is 3.36. The number of halogens is 1. The number of hydrogen-bond acceptors (Lipinski definition) is 3. The van der Waals surface area contributed by atoms with E-state index in [4.69, 9.17) is 16.3 Å². The van der Waals surface area contributed by atoms with Crippen LogP contribution >= 0.6 is 11.6 Å². The average Bonchev–Trinajstić information content (AvgIpc) is 2.93. The lowest BCUT2D eigenvalue weighted by Crippen LogP contribution is -2.30. The van der Waals surface area contributed by atoms with Crippen molar-refractivity contribution in [3.05, 3.63) is 58.2 Å². The van der Waals surface area contributed by atoms with E-state index < -0.39 is 0 Å². The molecule has 0 bridgehead atoms. The number of rotatable bonds is 2. The van der Waals surface area contributed by atoms with Crippen molar-refractivity contribution in [3.8, 4) is 11.5 Å². The van der Waals surface area contributed by atoms with E-state index in [0.29, 0.717) is 5.75 Å². The van der Waals surface area contributed by atoms with Gasteiger partial charge in [-0.15, -0.1) is 0 Å². The normalized spacial score (nSPS) is 17.2. The molecule has 4 rings (SSSR count). The highest BCUT2D eigenvalue weighted by Gasteiger charge is 2.25. The summed E-state index contributed by atoms with van der Waals surface area (Å²) in [5.74, 6) is 0.631. The molecule has 3 aromatic rings. The standard InChI is InChI=1S/C18H17ClN2O2/c1-23-16-8-10(2-5-15(16)22)17-18-12(6-7-20-17)13-9-11(19)3-4-14(13)21-18/h2-5,8-9,17,20-22H,6-7H2,1H3. The van der Waals surface area contributed by atoms with Crippen LogP contribution in [0.2, 0.25) is 5.02 Å². The van der Waals surface area contributed by atoms with Crippen molar-refractivity contribution in [1.29, 1.82) is 0 Å². The first-order valence-electron chi connectivity index (χ1n) is 7.57. The van der Waals surface area contributed by atoms with Gasteiger partial charge in [0.2, 0.25) is 0 Å². The number of fused-ring (bicyclic) bond motifs is 3. The minimum Gasteiger partial charge on any atom is -0.504 e. The van der Waals surface area contributed by atoms with E-state index in [2.05, 4.69) is 10.3 Å². The van der Waals surface area contributed by atoms with Gasteiger partial charge in [0.05, 0.1) is 13.2 Å². The number of methoxy groups -OCH3 is 1. The Balaban J connectivity index is 1.86. The van der Waals surface area contributed by atoms with Crippen LogP contribution in [0.15, 0.2) is 36.4 Å². The number of H-pyrrole nitrogens is 1. The lowest BCUT2D eigenvalue weighted by atomic mass is 9.94. The third kappa shape index (κ3) is 2.35. The van der Waals surface area contributed by atoms with Crippen LogP contribution in [0.5, 0.6) is 11.5 Å². The highest BCUT2D eigenvalue weighted by molar-refractivity contribution is 6.31. The van der Waals surface area contributed by atoms with Crippen LogP contribution in [0.3, 0.4) is 0 Å². The van der Waals surface area contributed by atoms with Crippen LogP contribution in [0.25, 0.3) is 10.9 Å². The summed E-state index contributed by atoms with van der Waals surface area (Å²) >= 11 is 6.15. The second-order valence-corrected chi connectivity index (χ2v) is 6.21. The van der Waals surface area contributed by atoms with E-state index in [1.54, 1.807) is 13.2 Å². The van der Waals surface area contributed by atoms with Gasteiger partial charge in [-0.05, 0) is 47.9 Å². The predicted octanol–water partition coefficient (Wildman–Crippen LogP) is 3.77. The van der Waals surface area contributed by atoms with E-state index in [9.17, 15) is 5.11 Å². The monoisotopic (exact) mass is 328 g/mol. The molecule has 0 saturated carbocycles. The molecule has 0 aliphatic carbocycles. The molecule has 0 spiro atoms. The Kier molecular flexibility index (Phi) is 3.43. The second-order valence-electron chi connectivity index (χ2n) is 5.78. The largest absolute Gasteiger partial charge is 0.504 e. The summed E-state index contributed by atoms with van der Waals surface area (Å²) in [6.07, 6.45) is 0.960. The lowest BCUT2D eigenvalue weighted by molar-refractivity contribution is 0.372. The van der Waals surface area contributed by atoms with Crippen LogP contribution in [0.1, 0.15) is 22.9 Å². The van der Waals surface area contributed by atoms with Crippen LogP contribution in [-0.4, -0.2) is 23.7 Å². The molecule has 3 N–H and O–H groups in total. The number of aromatic hydroxyl groups is 1. The van der Waals surface area contributed by atoms with Gasteiger partial charge in [0, 0.05) is 28.2 Å². The third-order valence-corrected chi connectivity index (χ3v) is 4.69. The molecule has 5 heteroatoms. The number of ether oxygens (including phenoxy) is 1. The molecule has 23 heavy (non-hydrogen) atoms. The van der Waals surface area contributed by atoms with Gasteiger partial charge in [0.15, 0.2) is 11.5 Å². The molecule has 1 atom stereocenters. The maximum absolute atomic E-state index is 9.81. The van der Waals surface area contributed by atoms with E-state index in [1.807, 2.05) is 30.3 Å². The zero-order chi connectivity index (χ0) is 16.0. The molecule has 1 aliphatic rings. The van der Waals surface area contributed by atoms with Gasteiger partial charge in [-0.25, -0.2) is 0 Å². The topological polar surface area (TPSA) is 57.3 Å². The number of aromatic nitrogens is 1. The van der Waals surface area contributed by atoms with Gasteiger partial charge in [-0.1, -0.05) is 17.7 Å². The quantitative estimate of drug-likeness (QED) is 0.671. The van der Waals surface area contributed by atoms with Gasteiger partial charge in [0.25, 0.3) is 0 Å². The Bertz CT molecular complexity index is 888. The van der Waals surface area contributed by atoms with Crippen molar-refractivity contribution in [2.24, 2.45) is 0 Å². The zero-order valence-corrected chi connectivity index (χ0v) is 13.4. The van der Waals surface area contributed by atoms with Crippen LogP contribution in [0.4, 0.5) is 0 Å². The second kappa shape index (κ2) is 5.48. The number of nitrogens with one attached hydrogen (secondary N) is 2. The summed E-state index contributed by atoms with van der Waals surface area (Å²) in [7, 11) is 1.56. The summed E-state index contributed by atoms with van der Waals surface area (Å²) in [4.78, 5) is 3.52. The minimum absolute atomic E-state index is 0.0411. The predicted molar refractivity (Wildman–Crippen MR) is 91.5 cm³/mol. The first-order chi connectivity index (χ1) is 11.2. The highest BCUT2D eigenvalue weighted by atomic mass is 35.5. The van der Waals surface area contributed by atoms with Crippen LogP contribution < -0.4 is 10.1 Å². The van der Waals surface area contributed by atoms with Crippen molar-refractivity contribution in [2.45, 2.75) is 12.5 Å². The van der Waals surface area contributed by atoms with E-state index in [0.717, 1.165) is 34.8 Å². The molecule has 1 aliphatic heterocycles. The first-order valence-corrected chi connectivity index (χ1v) is 7.95. The van der Waals surface area contributed by atoms with Crippen LogP contribution in [-0.2, 0) is 6.42 Å². The average molecular weight is 329 g/mol. The minimum atomic E-state index is 0.0411. The Morgan fingerprint density at radius 2 is 2.09 bits per heavy atom. The molecular weight excluding hydrogens is 312 g/mol. The number of phenols is 1. The third-order valence-electron chi connectivity index (χ3n) is 4.45. The smallest absolute Gasteiger partial charge is 0.160 e. The summed E-state index contributed by atoms with van der Waals surface area (Å²) in [5.41, 5.74) is 4.61. The Morgan fingerprint density at radius 1 is 1.22 bits per heavy atom. The lowest BCUT2D eigenvalue weighted by Gasteiger charge is -2.25. The van der Waals surface area contributed by atoms with Crippen LogP contribution in [0, 0.1) is 0 Å². The molecule has 0 amide bonds. The number of hydrogen-bond donors (Lipinski definition) is 3. The molecule has 1 unspecified atom stereocenters. The van der Waals surface area contributed by atoms with Gasteiger partial charge in [0.1, 0.15) is 0 Å². The molecule has 2 aromatic carbocycles. The molecule has 2 heterocycles. The molecule has 0 radical (unpaired) electrons. The van der Waals surface area contributed by atoms with Gasteiger partial charge in [-0.2, -0.15) is 0 Å². The molecule has 0 fully saturated rings. The van der Waals surface area contributed by atoms with Crippen molar-refractivity contribution in [2.75, 3.05) is 13.7 Å². The van der Waals surface area contributed by atoms with Gasteiger partial charge < -0.3 is 20.1 Å². The summed E-state index contributed by atoms with van der Waals surface area (Å²) < 4.78 is 5.23.